The third-order valence-electron chi connectivity index (χ3n) is 2.50. The van der Waals surface area contributed by atoms with Crippen molar-refractivity contribution < 1.29 is 4.74 Å². The van der Waals surface area contributed by atoms with E-state index in [-0.39, 0.29) is 0 Å². The lowest BCUT2D eigenvalue weighted by atomic mass is 10.1. The lowest BCUT2D eigenvalue weighted by molar-refractivity contribution is 0.472. The van der Waals surface area contributed by atoms with E-state index < -0.39 is 0 Å². The summed E-state index contributed by atoms with van der Waals surface area (Å²) >= 11 is 5.96. The minimum Gasteiger partial charge on any atom is -0.455 e. The first-order chi connectivity index (χ1) is 8.60. The topological polar surface area (TPSA) is 45.9 Å². The van der Waals surface area contributed by atoms with E-state index in [4.69, 9.17) is 21.6 Å². The molecular formula is C14H11ClN2O. The maximum absolute atomic E-state index is 8.67. The van der Waals surface area contributed by atoms with E-state index in [0.717, 1.165) is 16.9 Å². The zero-order valence-corrected chi connectivity index (χ0v) is 10.8. The van der Waals surface area contributed by atoms with Crippen molar-refractivity contribution in [3.63, 3.8) is 0 Å². The second-order valence-electron chi connectivity index (χ2n) is 3.96. The Hall–Kier alpha value is -2.05. The zero-order valence-electron chi connectivity index (χ0n) is 10.1. The van der Waals surface area contributed by atoms with Gasteiger partial charge < -0.3 is 4.74 Å². The number of nitriles is 1. The summed E-state index contributed by atoms with van der Waals surface area (Å²) in [5.41, 5.74) is 2.29. The molecule has 1 heterocycles. The number of hydrogen-bond donors (Lipinski definition) is 0. The molecule has 0 aliphatic rings. The van der Waals surface area contributed by atoms with Gasteiger partial charge in [-0.3, -0.25) is 0 Å². The Bertz CT molecular complexity index is 592. The van der Waals surface area contributed by atoms with Gasteiger partial charge >= 0.3 is 0 Å². The van der Waals surface area contributed by atoms with Crippen molar-refractivity contribution in [3.8, 4) is 17.6 Å². The van der Waals surface area contributed by atoms with Gasteiger partial charge in [-0.05, 0) is 49.2 Å². The van der Waals surface area contributed by atoms with Crippen LogP contribution >= 0.6 is 11.6 Å². The summed E-state index contributed by atoms with van der Waals surface area (Å²) in [6.45, 7) is 3.87. The van der Waals surface area contributed by atoms with Gasteiger partial charge in [0.05, 0.1) is 6.20 Å². The van der Waals surface area contributed by atoms with Gasteiger partial charge in [0.2, 0.25) is 0 Å². The van der Waals surface area contributed by atoms with E-state index in [1.54, 1.807) is 12.1 Å². The second kappa shape index (κ2) is 5.07. The number of pyridine rings is 1. The maximum Gasteiger partial charge on any atom is 0.145 e. The molecule has 0 fully saturated rings. The predicted octanol–water partition coefficient (Wildman–Crippen LogP) is 4.02. The van der Waals surface area contributed by atoms with Crippen LogP contribution < -0.4 is 4.74 Å². The Balaban J connectivity index is 2.31. The van der Waals surface area contributed by atoms with Crippen molar-refractivity contribution in [1.82, 2.24) is 4.98 Å². The Labute approximate surface area is 111 Å². The first kappa shape index (κ1) is 12.4. The Morgan fingerprint density at radius 3 is 2.39 bits per heavy atom. The normalized spacial score (nSPS) is 9.89. The third kappa shape index (κ3) is 2.61. The quantitative estimate of drug-likeness (QED) is 0.817. The molecule has 0 aliphatic carbocycles. The molecular weight excluding hydrogens is 248 g/mol. The number of benzene rings is 1. The molecule has 0 saturated carbocycles. The minimum absolute atomic E-state index is 0.368. The summed E-state index contributed by atoms with van der Waals surface area (Å²) in [7, 11) is 0. The zero-order chi connectivity index (χ0) is 13.1. The predicted molar refractivity (Wildman–Crippen MR) is 70.0 cm³/mol. The van der Waals surface area contributed by atoms with Crippen molar-refractivity contribution >= 4 is 11.6 Å². The Morgan fingerprint density at radius 1 is 1.22 bits per heavy atom. The summed E-state index contributed by atoms with van der Waals surface area (Å²) in [6, 6.07) is 9.00. The molecule has 18 heavy (non-hydrogen) atoms. The third-order valence-corrected chi connectivity index (χ3v) is 2.71. The molecule has 0 aliphatic heterocycles. The standard InChI is InChI=1S/C14H11ClN2O/c1-9-5-11(15)6-10(2)14(9)18-13-4-3-12(7-16)17-8-13/h3-6,8H,1-2H3. The highest BCUT2D eigenvalue weighted by Gasteiger charge is 2.07. The molecule has 4 heteroatoms. The number of aryl methyl sites for hydroxylation is 2. The van der Waals surface area contributed by atoms with E-state index in [9.17, 15) is 0 Å². The average molecular weight is 259 g/mol. The molecule has 1 aromatic carbocycles. The summed E-state index contributed by atoms with van der Waals surface area (Å²) < 4.78 is 5.76. The molecule has 0 unspecified atom stereocenters. The lowest BCUT2D eigenvalue weighted by Crippen LogP contribution is -1.92. The lowest BCUT2D eigenvalue weighted by Gasteiger charge is -2.11. The van der Waals surface area contributed by atoms with Gasteiger partial charge in [0, 0.05) is 5.02 Å². The first-order valence-electron chi connectivity index (χ1n) is 5.41. The van der Waals surface area contributed by atoms with Crippen LogP contribution in [0.25, 0.3) is 0 Å². The molecule has 1 aromatic heterocycles. The molecule has 0 amide bonds. The number of nitrogens with zero attached hydrogens (tertiary/aromatic N) is 2. The second-order valence-corrected chi connectivity index (χ2v) is 4.40. The molecule has 0 atom stereocenters. The fraction of sp³-hybridized carbons (Fsp3) is 0.143. The smallest absolute Gasteiger partial charge is 0.145 e. The van der Waals surface area contributed by atoms with Crippen molar-refractivity contribution in [2.45, 2.75) is 13.8 Å². The molecule has 90 valence electrons. The minimum atomic E-state index is 0.368. The largest absolute Gasteiger partial charge is 0.455 e. The highest BCUT2D eigenvalue weighted by molar-refractivity contribution is 6.30. The summed E-state index contributed by atoms with van der Waals surface area (Å²) in [6.07, 6.45) is 1.53. The summed E-state index contributed by atoms with van der Waals surface area (Å²) in [5.74, 6) is 1.37. The molecule has 3 nitrogen and oxygen atoms in total. The van der Waals surface area contributed by atoms with E-state index in [1.165, 1.54) is 6.20 Å². The SMILES string of the molecule is Cc1cc(Cl)cc(C)c1Oc1ccc(C#N)nc1. The van der Waals surface area contributed by atoms with Gasteiger partial charge in [-0.15, -0.1) is 0 Å². The van der Waals surface area contributed by atoms with E-state index >= 15 is 0 Å². The van der Waals surface area contributed by atoms with Crippen molar-refractivity contribution in [2.24, 2.45) is 0 Å². The number of halogens is 1. The number of rotatable bonds is 2. The van der Waals surface area contributed by atoms with Crippen LogP contribution in [-0.4, -0.2) is 4.98 Å². The number of hydrogen-bond acceptors (Lipinski definition) is 3. The first-order valence-corrected chi connectivity index (χ1v) is 5.78. The highest BCUT2D eigenvalue weighted by atomic mass is 35.5. The van der Waals surface area contributed by atoms with Crippen LogP contribution in [0.3, 0.4) is 0 Å². The molecule has 2 aromatic rings. The molecule has 0 radical (unpaired) electrons. The fourth-order valence-corrected chi connectivity index (χ4v) is 2.01. The molecule has 0 N–H and O–H groups in total. The Kier molecular flexibility index (Phi) is 3.50. The van der Waals surface area contributed by atoms with E-state index in [0.29, 0.717) is 16.5 Å². The van der Waals surface area contributed by atoms with Crippen LogP contribution in [0, 0.1) is 25.2 Å². The van der Waals surface area contributed by atoms with Crippen LogP contribution in [0.5, 0.6) is 11.5 Å². The van der Waals surface area contributed by atoms with Crippen molar-refractivity contribution in [1.29, 1.82) is 5.26 Å². The van der Waals surface area contributed by atoms with E-state index in [1.807, 2.05) is 32.0 Å². The van der Waals surface area contributed by atoms with Crippen molar-refractivity contribution in [2.75, 3.05) is 0 Å². The van der Waals surface area contributed by atoms with Crippen molar-refractivity contribution in [3.05, 3.63) is 52.3 Å². The molecule has 0 bridgehead atoms. The van der Waals surface area contributed by atoms with Crippen LogP contribution in [0.4, 0.5) is 0 Å². The van der Waals surface area contributed by atoms with Gasteiger partial charge in [0.1, 0.15) is 23.3 Å². The Morgan fingerprint density at radius 2 is 1.89 bits per heavy atom. The van der Waals surface area contributed by atoms with Gasteiger partial charge in [0.25, 0.3) is 0 Å². The average Bonchev–Trinajstić information content (AvgIpc) is 2.34. The van der Waals surface area contributed by atoms with Gasteiger partial charge in [0.15, 0.2) is 0 Å². The summed E-state index contributed by atoms with van der Waals surface area (Å²) in [5, 5.41) is 9.36. The van der Waals surface area contributed by atoms with Gasteiger partial charge in [-0.2, -0.15) is 5.26 Å². The van der Waals surface area contributed by atoms with Crippen LogP contribution in [-0.2, 0) is 0 Å². The van der Waals surface area contributed by atoms with E-state index in [2.05, 4.69) is 4.98 Å². The summed E-state index contributed by atoms with van der Waals surface area (Å²) in [4.78, 5) is 3.96. The molecule has 2 rings (SSSR count). The number of ether oxygens (including phenoxy) is 1. The van der Waals surface area contributed by atoms with Crippen LogP contribution in [0.1, 0.15) is 16.8 Å². The van der Waals surface area contributed by atoms with Gasteiger partial charge in [-0.1, -0.05) is 11.6 Å². The highest BCUT2D eigenvalue weighted by Crippen LogP contribution is 2.30. The van der Waals surface area contributed by atoms with Crippen LogP contribution in [0.2, 0.25) is 5.02 Å². The van der Waals surface area contributed by atoms with Gasteiger partial charge in [-0.25, -0.2) is 4.98 Å². The molecule has 0 spiro atoms. The number of aromatic nitrogens is 1. The van der Waals surface area contributed by atoms with Crippen LogP contribution in [0.15, 0.2) is 30.5 Å². The fourth-order valence-electron chi connectivity index (χ4n) is 1.68. The monoisotopic (exact) mass is 258 g/mol. The maximum atomic E-state index is 8.67. The molecule has 0 saturated heterocycles.